The van der Waals surface area contributed by atoms with E-state index in [1.54, 1.807) is 13.8 Å². The fraction of sp³-hybridized carbons (Fsp3) is 0.833. The van der Waals surface area contributed by atoms with E-state index in [0.717, 1.165) is 25.7 Å². The summed E-state index contributed by atoms with van der Waals surface area (Å²) in [6.07, 6.45) is 6.54. The molecular formula is C12H23N3O2. The fourth-order valence-electron chi connectivity index (χ4n) is 2.14. The number of nitrogens with zero attached hydrogens (tertiary/aromatic N) is 1. The van der Waals surface area contributed by atoms with Gasteiger partial charge in [-0.1, -0.05) is 30.8 Å². The summed E-state index contributed by atoms with van der Waals surface area (Å²) in [5, 5.41) is 14.5. The van der Waals surface area contributed by atoms with E-state index < -0.39 is 5.54 Å². The van der Waals surface area contributed by atoms with Crippen molar-refractivity contribution in [3.8, 4) is 0 Å². The third-order valence-electron chi connectivity index (χ3n) is 3.41. The highest BCUT2D eigenvalue weighted by atomic mass is 16.4. The summed E-state index contributed by atoms with van der Waals surface area (Å²) in [5.41, 5.74) is 4.75. The van der Waals surface area contributed by atoms with Crippen LogP contribution >= 0.6 is 0 Å². The summed E-state index contributed by atoms with van der Waals surface area (Å²) in [7, 11) is 0. The van der Waals surface area contributed by atoms with Crippen molar-refractivity contribution in [2.24, 2.45) is 16.8 Å². The Morgan fingerprint density at radius 3 is 2.29 bits per heavy atom. The van der Waals surface area contributed by atoms with Crippen molar-refractivity contribution in [2.75, 3.05) is 0 Å². The first-order chi connectivity index (χ1) is 7.97. The van der Waals surface area contributed by atoms with Gasteiger partial charge in [0.1, 0.15) is 0 Å². The number of hydrogen-bond acceptors (Lipinski definition) is 3. The van der Waals surface area contributed by atoms with Gasteiger partial charge in [0.15, 0.2) is 5.84 Å². The van der Waals surface area contributed by atoms with Crippen LogP contribution in [0.3, 0.4) is 0 Å². The van der Waals surface area contributed by atoms with Crippen molar-refractivity contribution in [3.05, 3.63) is 0 Å². The SMILES string of the molecule is CC(C)(NC(=O)C1CCCCCC1)C(N)=NO. The number of amides is 1. The lowest BCUT2D eigenvalue weighted by molar-refractivity contribution is -0.126. The third kappa shape index (κ3) is 3.91. The predicted molar refractivity (Wildman–Crippen MR) is 66.8 cm³/mol. The number of carbonyl (C=O) groups is 1. The van der Waals surface area contributed by atoms with E-state index in [-0.39, 0.29) is 17.7 Å². The van der Waals surface area contributed by atoms with Crippen LogP contribution < -0.4 is 11.1 Å². The Bertz CT molecular complexity index is 292. The summed E-state index contributed by atoms with van der Waals surface area (Å²) < 4.78 is 0. The molecule has 1 fully saturated rings. The summed E-state index contributed by atoms with van der Waals surface area (Å²) in [6, 6.07) is 0. The van der Waals surface area contributed by atoms with Crippen LogP contribution in [-0.4, -0.2) is 22.5 Å². The molecule has 0 aliphatic heterocycles. The lowest BCUT2D eigenvalue weighted by atomic mass is 9.96. The molecule has 0 atom stereocenters. The normalized spacial score (nSPS) is 19.8. The molecule has 0 radical (unpaired) electrons. The molecule has 17 heavy (non-hydrogen) atoms. The van der Waals surface area contributed by atoms with Crippen LogP contribution in [0, 0.1) is 5.92 Å². The number of nitrogens with two attached hydrogens (primary N) is 1. The van der Waals surface area contributed by atoms with Crippen molar-refractivity contribution in [2.45, 2.75) is 57.9 Å². The van der Waals surface area contributed by atoms with Gasteiger partial charge in [0, 0.05) is 5.92 Å². The highest BCUT2D eigenvalue weighted by Crippen LogP contribution is 2.23. The average Bonchev–Trinajstić information content (AvgIpc) is 2.55. The minimum Gasteiger partial charge on any atom is -0.409 e. The maximum absolute atomic E-state index is 12.1. The van der Waals surface area contributed by atoms with E-state index in [1.807, 2.05) is 0 Å². The smallest absolute Gasteiger partial charge is 0.223 e. The van der Waals surface area contributed by atoms with E-state index in [9.17, 15) is 4.79 Å². The Balaban J connectivity index is 2.58. The molecule has 0 aromatic heterocycles. The first-order valence-corrected chi connectivity index (χ1v) is 6.27. The third-order valence-corrected chi connectivity index (χ3v) is 3.41. The lowest BCUT2D eigenvalue weighted by Crippen LogP contribution is -2.54. The highest BCUT2D eigenvalue weighted by molar-refractivity contribution is 5.93. The molecule has 0 unspecified atom stereocenters. The molecule has 1 aliphatic rings. The van der Waals surface area contributed by atoms with Crippen LogP contribution in [0.1, 0.15) is 52.4 Å². The molecule has 0 bridgehead atoms. The van der Waals surface area contributed by atoms with Gasteiger partial charge in [-0.15, -0.1) is 0 Å². The highest BCUT2D eigenvalue weighted by Gasteiger charge is 2.29. The summed E-state index contributed by atoms with van der Waals surface area (Å²) in [5.74, 6) is 0.117. The summed E-state index contributed by atoms with van der Waals surface area (Å²) in [6.45, 7) is 3.47. The number of oxime groups is 1. The van der Waals surface area contributed by atoms with Crippen molar-refractivity contribution < 1.29 is 10.0 Å². The lowest BCUT2D eigenvalue weighted by Gasteiger charge is -2.27. The number of hydrogen-bond donors (Lipinski definition) is 3. The van der Waals surface area contributed by atoms with E-state index in [1.165, 1.54) is 12.8 Å². The van der Waals surface area contributed by atoms with Gasteiger partial charge in [-0.2, -0.15) is 0 Å². The van der Waals surface area contributed by atoms with Crippen LogP contribution in [-0.2, 0) is 4.79 Å². The summed E-state index contributed by atoms with van der Waals surface area (Å²) in [4.78, 5) is 12.1. The standard InChI is InChI=1S/C12H23N3O2/c1-12(2,11(13)15-17)14-10(16)9-7-5-3-4-6-8-9/h9,17H,3-8H2,1-2H3,(H2,13,15)(H,14,16). The zero-order valence-corrected chi connectivity index (χ0v) is 10.7. The molecule has 5 nitrogen and oxygen atoms in total. The Kier molecular flexibility index (Phi) is 4.78. The van der Waals surface area contributed by atoms with Gasteiger partial charge in [0.25, 0.3) is 0 Å². The van der Waals surface area contributed by atoms with E-state index in [2.05, 4.69) is 10.5 Å². The van der Waals surface area contributed by atoms with Crippen LogP contribution in [0.4, 0.5) is 0 Å². The minimum atomic E-state index is -0.794. The second-order valence-corrected chi connectivity index (χ2v) is 5.29. The first-order valence-electron chi connectivity index (χ1n) is 6.27. The number of nitrogens with one attached hydrogen (secondary N) is 1. The number of rotatable bonds is 3. The molecule has 98 valence electrons. The molecule has 1 saturated carbocycles. The van der Waals surface area contributed by atoms with Crippen LogP contribution in [0.5, 0.6) is 0 Å². The molecule has 0 spiro atoms. The minimum absolute atomic E-state index is 0.0171. The van der Waals surface area contributed by atoms with Gasteiger partial charge >= 0.3 is 0 Å². The molecule has 0 saturated heterocycles. The molecule has 0 aromatic carbocycles. The zero-order chi connectivity index (χ0) is 12.9. The maximum atomic E-state index is 12.1. The quantitative estimate of drug-likeness (QED) is 0.230. The molecule has 0 heterocycles. The van der Waals surface area contributed by atoms with E-state index in [4.69, 9.17) is 10.9 Å². The monoisotopic (exact) mass is 241 g/mol. The Morgan fingerprint density at radius 1 is 1.29 bits per heavy atom. The van der Waals surface area contributed by atoms with E-state index in [0.29, 0.717) is 0 Å². The van der Waals surface area contributed by atoms with Gasteiger partial charge in [-0.3, -0.25) is 4.79 Å². The van der Waals surface area contributed by atoms with Crippen LogP contribution in [0.2, 0.25) is 0 Å². The second-order valence-electron chi connectivity index (χ2n) is 5.29. The van der Waals surface area contributed by atoms with Crippen molar-refractivity contribution in [3.63, 3.8) is 0 Å². The Morgan fingerprint density at radius 2 is 1.82 bits per heavy atom. The average molecular weight is 241 g/mol. The maximum Gasteiger partial charge on any atom is 0.223 e. The largest absolute Gasteiger partial charge is 0.409 e. The predicted octanol–water partition coefficient (Wildman–Crippen LogP) is 1.60. The van der Waals surface area contributed by atoms with Crippen molar-refractivity contribution >= 4 is 11.7 Å². The second kappa shape index (κ2) is 5.89. The first kappa shape index (κ1) is 13.8. The number of amidine groups is 1. The molecule has 1 aliphatic carbocycles. The van der Waals surface area contributed by atoms with Gasteiger partial charge in [0.05, 0.1) is 5.54 Å². The van der Waals surface area contributed by atoms with Crippen LogP contribution in [0.15, 0.2) is 5.16 Å². The topological polar surface area (TPSA) is 87.7 Å². The fourth-order valence-corrected chi connectivity index (χ4v) is 2.14. The Labute approximate surface area is 102 Å². The molecule has 5 heteroatoms. The number of carbonyl (C=O) groups excluding carboxylic acids is 1. The molecule has 1 amide bonds. The Hall–Kier alpha value is -1.26. The molecular weight excluding hydrogens is 218 g/mol. The zero-order valence-electron chi connectivity index (χ0n) is 10.7. The molecule has 4 N–H and O–H groups in total. The molecule has 0 aromatic rings. The van der Waals surface area contributed by atoms with Gasteiger partial charge < -0.3 is 16.3 Å². The van der Waals surface area contributed by atoms with Crippen LogP contribution in [0.25, 0.3) is 0 Å². The molecule has 1 rings (SSSR count). The van der Waals surface area contributed by atoms with Gasteiger partial charge in [-0.05, 0) is 26.7 Å². The summed E-state index contributed by atoms with van der Waals surface area (Å²) >= 11 is 0. The van der Waals surface area contributed by atoms with Gasteiger partial charge in [-0.25, -0.2) is 0 Å². The van der Waals surface area contributed by atoms with Crippen molar-refractivity contribution in [1.29, 1.82) is 0 Å². The van der Waals surface area contributed by atoms with E-state index >= 15 is 0 Å². The van der Waals surface area contributed by atoms with Gasteiger partial charge in [0.2, 0.25) is 5.91 Å². The van der Waals surface area contributed by atoms with Crippen molar-refractivity contribution in [1.82, 2.24) is 5.32 Å².